The molecule has 7 nitrogen and oxygen atoms in total. The maximum Gasteiger partial charge on any atom is 0.417 e. The molecule has 12 heteroatoms. The van der Waals surface area contributed by atoms with Gasteiger partial charge in [0.25, 0.3) is 5.91 Å². The van der Waals surface area contributed by atoms with Gasteiger partial charge in [-0.25, -0.2) is 8.42 Å². The average molecular weight is 534 g/mol. The monoisotopic (exact) mass is 533 g/mol. The van der Waals surface area contributed by atoms with Crippen LogP contribution in [-0.2, 0) is 20.8 Å². The van der Waals surface area contributed by atoms with Crippen molar-refractivity contribution in [1.82, 2.24) is 0 Å². The molecule has 0 heterocycles. The summed E-state index contributed by atoms with van der Waals surface area (Å²) in [5.41, 5.74) is -4.02. The molecule has 0 aliphatic heterocycles. The fourth-order valence-electron chi connectivity index (χ4n) is 2.71. The molecular formula is C20H19BrF3N3O4S. The van der Waals surface area contributed by atoms with Crippen LogP contribution in [0.25, 0.3) is 0 Å². The highest BCUT2D eigenvalue weighted by molar-refractivity contribution is 9.09. The van der Waals surface area contributed by atoms with Crippen molar-refractivity contribution < 1.29 is 31.5 Å². The summed E-state index contributed by atoms with van der Waals surface area (Å²) in [6, 6.07) is 9.56. The predicted molar refractivity (Wildman–Crippen MR) is 116 cm³/mol. The molecule has 0 unspecified atom stereocenters. The number of alkyl halides is 4. The highest BCUT2D eigenvalue weighted by Crippen LogP contribution is 2.33. The third-order valence-corrected chi connectivity index (χ3v) is 6.63. The van der Waals surface area contributed by atoms with Crippen LogP contribution in [0.5, 0.6) is 0 Å². The first kappa shape index (κ1) is 25.6. The summed E-state index contributed by atoms with van der Waals surface area (Å²) in [5.74, 6) is -2.21. The number of nitrogens with zero attached hydrogens (tertiary/aromatic N) is 1. The van der Waals surface area contributed by atoms with Gasteiger partial charge >= 0.3 is 6.18 Å². The van der Waals surface area contributed by atoms with Gasteiger partial charge in [0.1, 0.15) is 0 Å². The van der Waals surface area contributed by atoms with Crippen LogP contribution in [0, 0.1) is 11.3 Å². The minimum absolute atomic E-state index is 0.132. The molecule has 0 saturated carbocycles. The fourth-order valence-corrected chi connectivity index (χ4v) is 4.50. The Morgan fingerprint density at radius 1 is 1.16 bits per heavy atom. The van der Waals surface area contributed by atoms with Crippen molar-refractivity contribution in [3.05, 3.63) is 53.6 Å². The lowest BCUT2D eigenvalue weighted by Gasteiger charge is -2.22. The van der Waals surface area contributed by atoms with Crippen molar-refractivity contribution in [2.24, 2.45) is 0 Å². The Bertz CT molecular complexity index is 1130. The van der Waals surface area contributed by atoms with E-state index in [0.717, 1.165) is 19.1 Å². The van der Waals surface area contributed by atoms with E-state index >= 15 is 0 Å². The normalized spacial score (nSPS) is 13.7. The lowest BCUT2D eigenvalue weighted by atomic mass is 10.1. The first-order valence-corrected chi connectivity index (χ1v) is 11.9. The predicted octanol–water partition coefficient (Wildman–Crippen LogP) is 3.55. The molecule has 2 rings (SSSR count). The molecule has 0 aliphatic rings. The lowest BCUT2D eigenvalue weighted by molar-refractivity contribution is -0.137. The zero-order valence-electron chi connectivity index (χ0n) is 16.7. The number of rotatable bonds is 8. The summed E-state index contributed by atoms with van der Waals surface area (Å²) in [6.45, 7) is 1.56. The maximum atomic E-state index is 13.1. The maximum absolute atomic E-state index is 13.1. The minimum Gasteiger partial charge on any atom is -0.384 e. The highest BCUT2D eigenvalue weighted by atomic mass is 79.9. The average Bonchev–Trinajstić information content (AvgIpc) is 2.71. The summed E-state index contributed by atoms with van der Waals surface area (Å²) >= 11 is 3.25. The van der Waals surface area contributed by atoms with Crippen LogP contribution in [0.3, 0.4) is 0 Å². The Morgan fingerprint density at radius 3 is 2.28 bits per heavy atom. The van der Waals surface area contributed by atoms with Crippen LogP contribution in [0.15, 0.2) is 47.4 Å². The molecule has 0 aliphatic carbocycles. The zero-order valence-corrected chi connectivity index (χ0v) is 19.1. The lowest BCUT2D eigenvalue weighted by Crippen LogP contribution is -2.45. The summed E-state index contributed by atoms with van der Waals surface area (Å²) in [5, 5.41) is 25.1. The number of benzene rings is 2. The third-order valence-electron chi connectivity index (χ3n) is 4.30. The van der Waals surface area contributed by atoms with E-state index in [-0.39, 0.29) is 10.6 Å². The second kappa shape index (κ2) is 9.89. The first-order valence-electron chi connectivity index (χ1n) is 9.08. The molecule has 0 radical (unpaired) electrons. The number of halogens is 4. The molecule has 0 spiro atoms. The summed E-state index contributed by atoms with van der Waals surface area (Å²) in [7, 11) is -4.11. The summed E-state index contributed by atoms with van der Waals surface area (Å²) in [6.07, 6.45) is -4.84. The zero-order chi connectivity index (χ0) is 24.2. The number of anilines is 2. The van der Waals surface area contributed by atoms with Crippen molar-refractivity contribution >= 4 is 43.0 Å². The van der Waals surface area contributed by atoms with E-state index in [1.807, 2.05) is 0 Å². The minimum atomic E-state index is -4.84. The Morgan fingerprint density at radius 2 is 1.75 bits per heavy atom. The number of carbonyl (C=O) groups is 1. The molecule has 1 amide bonds. The molecule has 32 heavy (non-hydrogen) atoms. The first-order chi connectivity index (χ1) is 14.8. The fraction of sp³-hybridized carbons (Fsp3) is 0.300. The van der Waals surface area contributed by atoms with Gasteiger partial charge in [-0.3, -0.25) is 4.79 Å². The van der Waals surface area contributed by atoms with Crippen molar-refractivity contribution in [2.75, 3.05) is 28.3 Å². The molecule has 172 valence electrons. The van der Waals surface area contributed by atoms with E-state index < -0.39 is 44.4 Å². The third kappa shape index (κ3) is 6.44. The van der Waals surface area contributed by atoms with Crippen LogP contribution < -0.4 is 10.6 Å². The second-order valence-electron chi connectivity index (χ2n) is 7.00. The van der Waals surface area contributed by atoms with Gasteiger partial charge in [-0.15, -0.1) is 0 Å². The number of nitrogens with one attached hydrogen (secondary N) is 2. The van der Waals surface area contributed by atoms with Gasteiger partial charge in [0.15, 0.2) is 15.4 Å². The van der Waals surface area contributed by atoms with Gasteiger partial charge in [-0.05, 0) is 49.4 Å². The van der Waals surface area contributed by atoms with E-state index in [1.165, 1.54) is 30.3 Å². The van der Waals surface area contributed by atoms with E-state index in [9.17, 15) is 31.5 Å². The van der Waals surface area contributed by atoms with Crippen LogP contribution in [0.1, 0.15) is 18.1 Å². The second-order valence-corrected chi connectivity index (χ2v) is 9.78. The molecule has 0 saturated heterocycles. The standard InChI is InChI=1S/C20H19BrF3N3O4S/c1-19(29,12-32(30,31)16-6-4-14(5-7-16)26-9-8-21)18(28)27-15-3-2-13(11-25)17(10-15)20(22,23)24/h2-7,10,26,29H,8-9,12H2,1H3,(H,27,28)/t19-/m1/s1. The molecular weight excluding hydrogens is 515 g/mol. The number of aliphatic hydroxyl groups is 1. The van der Waals surface area contributed by atoms with E-state index in [4.69, 9.17) is 5.26 Å². The number of sulfone groups is 1. The quantitative estimate of drug-likeness (QED) is 0.446. The Hall–Kier alpha value is -2.62. The topological polar surface area (TPSA) is 119 Å². The summed E-state index contributed by atoms with van der Waals surface area (Å²) in [4.78, 5) is 12.3. The Labute approximate surface area is 191 Å². The number of nitriles is 1. The van der Waals surface area contributed by atoms with Gasteiger partial charge in [0.05, 0.1) is 27.8 Å². The number of hydrogen-bond donors (Lipinski definition) is 3. The van der Waals surface area contributed by atoms with Gasteiger partial charge in [0.2, 0.25) is 0 Å². The van der Waals surface area contributed by atoms with Crippen LogP contribution >= 0.6 is 15.9 Å². The largest absolute Gasteiger partial charge is 0.417 e. The molecule has 0 fully saturated rings. The van der Waals surface area contributed by atoms with Crippen molar-refractivity contribution in [2.45, 2.75) is 23.6 Å². The smallest absolute Gasteiger partial charge is 0.384 e. The van der Waals surface area contributed by atoms with Crippen LogP contribution in [-0.4, -0.2) is 42.7 Å². The van der Waals surface area contributed by atoms with Crippen molar-refractivity contribution in [3.8, 4) is 6.07 Å². The van der Waals surface area contributed by atoms with Crippen LogP contribution in [0.4, 0.5) is 24.5 Å². The molecule has 1 atom stereocenters. The van der Waals surface area contributed by atoms with Gasteiger partial charge in [-0.1, -0.05) is 15.9 Å². The molecule has 2 aromatic carbocycles. The summed E-state index contributed by atoms with van der Waals surface area (Å²) < 4.78 is 64.6. The Balaban J connectivity index is 2.19. The van der Waals surface area contributed by atoms with Crippen molar-refractivity contribution in [3.63, 3.8) is 0 Å². The number of hydrogen-bond acceptors (Lipinski definition) is 6. The molecule has 0 bridgehead atoms. The van der Waals surface area contributed by atoms with Gasteiger partial charge in [-0.2, -0.15) is 18.4 Å². The van der Waals surface area contributed by atoms with Gasteiger partial charge in [0, 0.05) is 23.2 Å². The molecule has 2 aromatic rings. The number of amides is 1. The Kier molecular flexibility index (Phi) is 7.92. The number of carbonyl (C=O) groups excluding carboxylic acids is 1. The molecule has 0 aromatic heterocycles. The SMILES string of the molecule is C[C@@](O)(CS(=O)(=O)c1ccc(NCCBr)cc1)C(=O)Nc1ccc(C#N)c(C(F)(F)F)c1. The van der Waals surface area contributed by atoms with Crippen molar-refractivity contribution in [1.29, 1.82) is 5.26 Å². The highest BCUT2D eigenvalue weighted by Gasteiger charge is 2.38. The van der Waals surface area contributed by atoms with Gasteiger partial charge < -0.3 is 15.7 Å². The van der Waals surface area contributed by atoms with Crippen LogP contribution in [0.2, 0.25) is 0 Å². The van der Waals surface area contributed by atoms with E-state index in [0.29, 0.717) is 23.6 Å². The van der Waals surface area contributed by atoms with E-state index in [1.54, 1.807) is 0 Å². The van der Waals surface area contributed by atoms with E-state index in [2.05, 4.69) is 26.6 Å². The molecule has 3 N–H and O–H groups in total.